The summed E-state index contributed by atoms with van der Waals surface area (Å²) in [4.78, 5) is 34.9. The molecule has 4 aromatic rings. The second-order valence-corrected chi connectivity index (χ2v) is 12.0. The number of nitrogens with one attached hydrogen (secondary N) is 1. The number of aromatic nitrogens is 2. The third-order valence-corrected chi connectivity index (χ3v) is 7.35. The molecule has 0 amide bonds. The number of nitrogens with zero attached hydrogens (tertiary/aromatic N) is 2. The van der Waals surface area contributed by atoms with Crippen LogP contribution in [0.3, 0.4) is 0 Å². The van der Waals surface area contributed by atoms with Gasteiger partial charge in [0, 0.05) is 53.6 Å². The summed E-state index contributed by atoms with van der Waals surface area (Å²) >= 11 is 0. The summed E-state index contributed by atoms with van der Waals surface area (Å²) in [5, 5.41) is 4.15. The van der Waals surface area contributed by atoms with Crippen LogP contribution in [0.5, 0.6) is 17.4 Å². The fraction of sp³-hybridized carbons (Fsp3) is 0.371. The van der Waals surface area contributed by atoms with E-state index in [-0.39, 0.29) is 12.7 Å². The van der Waals surface area contributed by atoms with Crippen LogP contribution in [0.15, 0.2) is 54.9 Å². The van der Waals surface area contributed by atoms with E-state index in [0.29, 0.717) is 77.2 Å². The minimum Gasteiger partial charge on any atom is -0.490 e. The number of pyridine rings is 2. The molecular weight excluding hydrogens is 590 g/mol. The molecule has 0 bridgehead atoms. The zero-order valence-electron chi connectivity index (χ0n) is 26.4. The first kappa shape index (κ1) is 31.1. The standard InChI is InChI=1S/C35H37N3O8/c1-5-42-33(39)23-16-28-29(37-20-23)17-21(27-6-9-36-32-31(27)43-12-13-44-32)18-30(28)38-24-14-22(34(40)46-35(2,3)4)15-26(19-24)45-25-7-10-41-11-8-25/h6,9,14-20,25,38H,5,7-8,10-13H2,1-4H3. The van der Waals surface area contributed by atoms with Gasteiger partial charge in [0.2, 0.25) is 0 Å². The molecular formula is C35H37N3O8. The van der Waals surface area contributed by atoms with E-state index in [1.807, 2.05) is 45.0 Å². The van der Waals surface area contributed by atoms with Crippen molar-refractivity contribution in [2.24, 2.45) is 0 Å². The van der Waals surface area contributed by atoms with Gasteiger partial charge in [-0.3, -0.25) is 4.98 Å². The Balaban J connectivity index is 1.46. The summed E-state index contributed by atoms with van der Waals surface area (Å²) in [5.41, 5.74) is 3.37. The van der Waals surface area contributed by atoms with Crippen molar-refractivity contribution in [3.63, 3.8) is 0 Å². The third kappa shape index (κ3) is 7.15. The highest BCUT2D eigenvalue weighted by molar-refractivity contribution is 6.02. The fourth-order valence-corrected chi connectivity index (χ4v) is 5.33. The molecule has 2 aromatic heterocycles. The van der Waals surface area contributed by atoms with Crippen molar-refractivity contribution in [2.45, 2.75) is 52.2 Å². The van der Waals surface area contributed by atoms with Gasteiger partial charge in [0.15, 0.2) is 5.75 Å². The van der Waals surface area contributed by atoms with E-state index in [2.05, 4.69) is 15.3 Å². The van der Waals surface area contributed by atoms with Crippen molar-refractivity contribution < 1.29 is 38.0 Å². The summed E-state index contributed by atoms with van der Waals surface area (Å²) in [5.74, 6) is 0.542. The van der Waals surface area contributed by atoms with E-state index in [1.165, 1.54) is 6.20 Å². The number of hydrogen-bond donors (Lipinski definition) is 1. The van der Waals surface area contributed by atoms with Gasteiger partial charge in [-0.25, -0.2) is 14.6 Å². The fourth-order valence-electron chi connectivity index (χ4n) is 5.33. The Morgan fingerprint density at radius 2 is 1.74 bits per heavy atom. The van der Waals surface area contributed by atoms with E-state index in [9.17, 15) is 9.59 Å². The number of carbonyl (C=O) groups excluding carboxylic acids is 2. The molecule has 6 rings (SSSR count). The van der Waals surface area contributed by atoms with Gasteiger partial charge in [0.25, 0.3) is 5.88 Å². The third-order valence-electron chi connectivity index (χ3n) is 7.35. The molecule has 2 aromatic carbocycles. The Morgan fingerprint density at radius 3 is 2.52 bits per heavy atom. The predicted molar refractivity (Wildman–Crippen MR) is 171 cm³/mol. The highest BCUT2D eigenvalue weighted by Gasteiger charge is 2.23. The predicted octanol–water partition coefficient (Wildman–Crippen LogP) is 6.50. The van der Waals surface area contributed by atoms with Crippen LogP contribution in [0.2, 0.25) is 0 Å². The van der Waals surface area contributed by atoms with E-state index in [1.54, 1.807) is 31.3 Å². The van der Waals surface area contributed by atoms with Crippen molar-refractivity contribution in [3.8, 4) is 28.5 Å². The van der Waals surface area contributed by atoms with Gasteiger partial charge in [0.05, 0.1) is 36.5 Å². The first-order valence-electron chi connectivity index (χ1n) is 15.4. The monoisotopic (exact) mass is 627 g/mol. The van der Waals surface area contributed by atoms with Gasteiger partial charge in [0.1, 0.15) is 30.7 Å². The maximum absolute atomic E-state index is 13.3. The van der Waals surface area contributed by atoms with Gasteiger partial charge < -0.3 is 33.7 Å². The van der Waals surface area contributed by atoms with Gasteiger partial charge in [-0.2, -0.15) is 0 Å². The van der Waals surface area contributed by atoms with Crippen LogP contribution in [0.1, 0.15) is 61.3 Å². The molecule has 1 N–H and O–H groups in total. The van der Waals surface area contributed by atoms with Crippen LogP contribution in [-0.4, -0.2) is 66.6 Å². The van der Waals surface area contributed by atoms with Gasteiger partial charge in [-0.15, -0.1) is 0 Å². The number of fused-ring (bicyclic) bond motifs is 2. The minimum absolute atomic E-state index is 0.0453. The molecule has 1 saturated heterocycles. The van der Waals surface area contributed by atoms with Gasteiger partial charge >= 0.3 is 11.9 Å². The average Bonchev–Trinajstić information content (AvgIpc) is 3.04. The average molecular weight is 628 g/mol. The smallest absolute Gasteiger partial charge is 0.339 e. The van der Waals surface area contributed by atoms with Crippen LogP contribution < -0.4 is 19.5 Å². The lowest BCUT2D eigenvalue weighted by atomic mass is 10.0. The highest BCUT2D eigenvalue weighted by Crippen LogP contribution is 2.41. The first-order valence-corrected chi connectivity index (χ1v) is 15.4. The van der Waals surface area contributed by atoms with Crippen LogP contribution in [0, 0.1) is 0 Å². The quantitative estimate of drug-likeness (QED) is 0.215. The number of esters is 2. The lowest BCUT2D eigenvalue weighted by Crippen LogP contribution is -2.26. The van der Waals surface area contributed by atoms with E-state index in [4.69, 9.17) is 28.4 Å². The number of rotatable bonds is 8. The van der Waals surface area contributed by atoms with E-state index in [0.717, 1.165) is 24.0 Å². The van der Waals surface area contributed by atoms with Crippen LogP contribution in [0.4, 0.5) is 11.4 Å². The Labute approximate surface area is 267 Å². The summed E-state index contributed by atoms with van der Waals surface area (Å²) in [6.45, 7) is 9.51. The maximum Gasteiger partial charge on any atom is 0.339 e. The van der Waals surface area contributed by atoms with Crippen LogP contribution in [0.25, 0.3) is 22.0 Å². The Bertz CT molecular complexity index is 1760. The topological polar surface area (TPSA) is 127 Å². The molecule has 46 heavy (non-hydrogen) atoms. The van der Waals surface area contributed by atoms with Gasteiger partial charge in [-0.1, -0.05) is 0 Å². The van der Waals surface area contributed by atoms with E-state index >= 15 is 0 Å². The first-order chi connectivity index (χ1) is 22.2. The lowest BCUT2D eigenvalue weighted by Gasteiger charge is -2.24. The number of ether oxygens (including phenoxy) is 6. The molecule has 0 unspecified atom stereocenters. The number of benzene rings is 2. The van der Waals surface area contributed by atoms with Crippen molar-refractivity contribution in [1.82, 2.24) is 9.97 Å². The lowest BCUT2D eigenvalue weighted by molar-refractivity contribution is 0.00663. The number of carbonyl (C=O) groups is 2. The molecule has 11 heteroatoms. The Hall–Kier alpha value is -4.90. The molecule has 0 radical (unpaired) electrons. The largest absolute Gasteiger partial charge is 0.490 e. The number of anilines is 2. The molecule has 0 saturated carbocycles. The summed E-state index contributed by atoms with van der Waals surface area (Å²) in [7, 11) is 0. The van der Waals surface area contributed by atoms with Crippen LogP contribution >= 0.6 is 0 Å². The highest BCUT2D eigenvalue weighted by atomic mass is 16.6. The summed E-state index contributed by atoms with van der Waals surface area (Å²) in [6, 6.07) is 12.7. The molecule has 0 atom stereocenters. The summed E-state index contributed by atoms with van der Waals surface area (Å²) in [6.07, 6.45) is 4.61. The Morgan fingerprint density at radius 1 is 0.935 bits per heavy atom. The van der Waals surface area contributed by atoms with Gasteiger partial charge in [-0.05, 0) is 69.7 Å². The minimum atomic E-state index is -0.683. The maximum atomic E-state index is 13.3. The van der Waals surface area contributed by atoms with Crippen LogP contribution in [-0.2, 0) is 14.2 Å². The molecule has 0 spiro atoms. The molecule has 240 valence electrons. The zero-order valence-corrected chi connectivity index (χ0v) is 26.4. The molecule has 2 aliphatic rings. The van der Waals surface area contributed by atoms with Crippen molar-refractivity contribution in [2.75, 3.05) is 38.4 Å². The summed E-state index contributed by atoms with van der Waals surface area (Å²) < 4.78 is 34.5. The van der Waals surface area contributed by atoms with Crippen molar-refractivity contribution in [3.05, 3.63) is 66.0 Å². The zero-order chi connectivity index (χ0) is 32.3. The molecule has 0 aliphatic carbocycles. The second kappa shape index (κ2) is 13.2. The SMILES string of the molecule is CCOC(=O)c1cnc2cc(-c3ccnc4c3OCCO4)cc(Nc3cc(OC4CCOCC4)cc(C(=O)OC(C)(C)C)c3)c2c1. The van der Waals surface area contributed by atoms with Crippen molar-refractivity contribution in [1.29, 1.82) is 0 Å². The molecule has 4 heterocycles. The molecule has 1 fully saturated rings. The van der Waals surface area contributed by atoms with E-state index < -0.39 is 17.5 Å². The number of hydrogen-bond acceptors (Lipinski definition) is 11. The second-order valence-electron chi connectivity index (χ2n) is 12.0. The Kier molecular flexibility index (Phi) is 8.94. The molecule has 11 nitrogen and oxygen atoms in total. The normalized spacial score (nSPS) is 14.9. The van der Waals surface area contributed by atoms with Crippen molar-refractivity contribution >= 4 is 34.2 Å². The molecule has 2 aliphatic heterocycles.